The predicted molar refractivity (Wildman–Crippen MR) is 132 cm³/mol. The molecule has 7 heteroatoms. The van der Waals surface area contributed by atoms with E-state index in [0.717, 1.165) is 11.3 Å². The fourth-order valence-electron chi connectivity index (χ4n) is 3.40. The minimum absolute atomic E-state index is 0.140. The summed E-state index contributed by atoms with van der Waals surface area (Å²) in [7, 11) is 0. The summed E-state index contributed by atoms with van der Waals surface area (Å²) in [6.45, 7) is 3.53. The number of benzene rings is 3. The first-order valence-corrected chi connectivity index (χ1v) is 11.3. The van der Waals surface area contributed by atoms with Crippen molar-refractivity contribution in [3.63, 3.8) is 0 Å². The Hall–Kier alpha value is -3.84. The average Bonchev–Trinajstić information content (AvgIpc) is 2.86. The van der Waals surface area contributed by atoms with Crippen molar-refractivity contribution < 1.29 is 14.7 Å². The number of hydrogen-bond donors (Lipinski definition) is 3. The lowest BCUT2D eigenvalue weighted by Gasteiger charge is -2.25. The van der Waals surface area contributed by atoms with Gasteiger partial charge in [-0.15, -0.1) is 0 Å². The van der Waals surface area contributed by atoms with Crippen LogP contribution in [0.15, 0.2) is 95.2 Å². The van der Waals surface area contributed by atoms with Gasteiger partial charge in [0.15, 0.2) is 0 Å². The van der Waals surface area contributed by atoms with E-state index in [2.05, 4.69) is 20.9 Å². The number of aliphatic hydroxyl groups is 1. The molecule has 0 saturated heterocycles. The van der Waals surface area contributed by atoms with Crippen LogP contribution in [0.2, 0.25) is 0 Å². The predicted octanol–water partition coefficient (Wildman–Crippen LogP) is 4.58. The molecular formula is C27H30N4O3. The van der Waals surface area contributed by atoms with Gasteiger partial charge in [-0.2, -0.15) is 10.2 Å². The molecule has 3 N–H and O–H groups in total. The first-order chi connectivity index (χ1) is 16.5. The maximum absolute atomic E-state index is 12.9. The van der Waals surface area contributed by atoms with Gasteiger partial charge in [-0.05, 0) is 54.3 Å². The topological polar surface area (TPSA) is 103 Å². The Balaban J connectivity index is 1.61. The van der Waals surface area contributed by atoms with Gasteiger partial charge in [0.25, 0.3) is 5.91 Å². The van der Waals surface area contributed by atoms with Gasteiger partial charge >= 0.3 is 0 Å². The number of aliphatic hydroxyl groups excluding tert-OH is 1. The van der Waals surface area contributed by atoms with Gasteiger partial charge in [0.1, 0.15) is 6.04 Å². The second-order valence-corrected chi connectivity index (χ2v) is 8.36. The van der Waals surface area contributed by atoms with Crippen LogP contribution >= 0.6 is 0 Å². The van der Waals surface area contributed by atoms with Gasteiger partial charge in [-0.3, -0.25) is 9.59 Å². The van der Waals surface area contributed by atoms with Crippen molar-refractivity contribution in [2.24, 2.45) is 16.1 Å². The number of carbonyl (C=O) groups excluding carboxylic acids is 2. The molecule has 0 saturated carbocycles. The molecule has 0 aliphatic carbocycles. The number of amides is 2. The highest BCUT2D eigenvalue weighted by Crippen LogP contribution is 2.18. The summed E-state index contributed by atoms with van der Waals surface area (Å²) >= 11 is 0. The van der Waals surface area contributed by atoms with Crippen LogP contribution in [-0.2, 0) is 11.2 Å². The first kappa shape index (κ1) is 24.8. The van der Waals surface area contributed by atoms with E-state index in [9.17, 15) is 14.7 Å². The highest BCUT2D eigenvalue weighted by Gasteiger charge is 2.26. The summed E-state index contributed by atoms with van der Waals surface area (Å²) in [5, 5.41) is 23.8. The number of hydrogen-bond acceptors (Lipinski definition) is 5. The number of rotatable bonds is 10. The average molecular weight is 459 g/mol. The molecule has 176 valence electrons. The van der Waals surface area contributed by atoms with Crippen LogP contribution in [0.4, 0.5) is 11.4 Å². The molecule has 3 rings (SSSR count). The number of nitrogens with zero attached hydrogens (tertiary/aromatic N) is 2. The van der Waals surface area contributed by atoms with E-state index in [1.807, 2.05) is 74.5 Å². The molecule has 0 unspecified atom stereocenters. The maximum atomic E-state index is 12.9. The monoisotopic (exact) mass is 458 g/mol. The Bertz CT molecular complexity index is 1080. The summed E-state index contributed by atoms with van der Waals surface area (Å²) in [4.78, 5) is 25.7. The lowest BCUT2D eigenvalue weighted by Crippen LogP contribution is -2.53. The molecule has 7 nitrogen and oxygen atoms in total. The zero-order valence-corrected chi connectivity index (χ0v) is 19.4. The smallest absolute Gasteiger partial charge is 0.251 e. The number of nitrogens with one attached hydrogen (secondary N) is 2. The van der Waals surface area contributed by atoms with Crippen molar-refractivity contribution in [1.29, 1.82) is 0 Å². The van der Waals surface area contributed by atoms with E-state index >= 15 is 0 Å². The molecule has 0 bridgehead atoms. The van der Waals surface area contributed by atoms with E-state index < -0.39 is 12.1 Å². The molecule has 3 aromatic carbocycles. The minimum atomic E-state index is -0.741. The lowest BCUT2D eigenvalue weighted by atomic mass is 10.0. The van der Waals surface area contributed by atoms with Crippen molar-refractivity contribution in [3.8, 4) is 0 Å². The second kappa shape index (κ2) is 12.4. The Morgan fingerprint density at radius 1 is 0.794 bits per heavy atom. The van der Waals surface area contributed by atoms with Crippen molar-refractivity contribution >= 4 is 23.2 Å². The fourth-order valence-corrected chi connectivity index (χ4v) is 3.40. The quantitative estimate of drug-likeness (QED) is 0.388. The van der Waals surface area contributed by atoms with Gasteiger partial charge in [0.05, 0.1) is 24.0 Å². The summed E-state index contributed by atoms with van der Waals surface area (Å²) in [5.74, 6) is -0.824. The third-order valence-electron chi connectivity index (χ3n) is 5.29. The molecule has 2 amide bonds. The van der Waals surface area contributed by atoms with Crippen LogP contribution in [0.5, 0.6) is 0 Å². The van der Waals surface area contributed by atoms with Crippen molar-refractivity contribution in [3.05, 3.63) is 96.1 Å². The third-order valence-corrected chi connectivity index (χ3v) is 5.29. The van der Waals surface area contributed by atoms with Crippen LogP contribution in [0.25, 0.3) is 0 Å². The van der Waals surface area contributed by atoms with Gasteiger partial charge in [-0.25, -0.2) is 0 Å². The summed E-state index contributed by atoms with van der Waals surface area (Å²) < 4.78 is 0. The van der Waals surface area contributed by atoms with Gasteiger partial charge in [0.2, 0.25) is 5.91 Å². The van der Waals surface area contributed by atoms with Gasteiger partial charge < -0.3 is 15.7 Å². The zero-order valence-electron chi connectivity index (χ0n) is 19.4. The van der Waals surface area contributed by atoms with Crippen LogP contribution in [-0.4, -0.2) is 35.6 Å². The lowest BCUT2D eigenvalue weighted by molar-refractivity contribution is -0.125. The van der Waals surface area contributed by atoms with Crippen molar-refractivity contribution in [2.45, 2.75) is 32.4 Å². The molecular weight excluding hydrogens is 428 g/mol. The largest absolute Gasteiger partial charge is 0.394 e. The van der Waals surface area contributed by atoms with E-state index in [1.165, 1.54) is 0 Å². The minimum Gasteiger partial charge on any atom is -0.394 e. The molecule has 0 fully saturated rings. The van der Waals surface area contributed by atoms with Crippen LogP contribution in [0, 0.1) is 5.92 Å². The standard InChI is InChI=1S/C27H30N4O3/c1-19(2)25(27(34)28-24(18-32)17-20-9-5-3-6-10-20)29-26(33)21-13-15-23(16-14-21)31-30-22-11-7-4-8-12-22/h3-16,19,24-25,32H,17-18H2,1-2H3,(H,28,34)(H,29,33)/t24-,25-/m0/s1. The first-order valence-electron chi connectivity index (χ1n) is 11.3. The van der Waals surface area contributed by atoms with Crippen molar-refractivity contribution in [2.75, 3.05) is 6.61 Å². The van der Waals surface area contributed by atoms with Crippen LogP contribution in [0.3, 0.4) is 0 Å². The van der Waals surface area contributed by atoms with Gasteiger partial charge in [-0.1, -0.05) is 62.4 Å². The van der Waals surface area contributed by atoms with Crippen LogP contribution in [0.1, 0.15) is 29.8 Å². The Kier molecular flexibility index (Phi) is 9.05. The highest BCUT2D eigenvalue weighted by molar-refractivity contribution is 5.97. The van der Waals surface area contributed by atoms with Crippen molar-refractivity contribution in [1.82, 2.24) is 10.6 Å². The Morgan fingerprint density at radius 2 is 1.35 bits per heavy atom. The van der Waals surface area contributed by atoms with E-state index in [0.29, 0.717) is 17.7 Å². The molecule has 0 radical (unpaired) electrons. The normalized spacial score (nSPS) is 12.9. The molecule has 0 aromatic heterocycles. The number of carbonyl (C=O) groups is 2. The van der Waals surface area contributed by atoms with E-state index in [1.54, 1.807) is 24.3 Å². The molecule has 0 aliphatic heterocycles. The molecule has 3 aromatic rings. The molecule has 34 heavy (non-hydrogen) atoms. The molecule has 0 heterocycles. The Morgan fingerprint density at radius 3 is 1.91 bits per heavy atom. The molecule has 0 aliphatic rings. The van der Waals surface area contributed by atoms with E-state index in [4.69, 9.17) is 0 Å². The zero-order chi connectivity index (χ0) is 24.3. The molecule has 0 spiro atoms. The Labute approximate surface area is 199 Å². The molecule has 2 atom stereocenters. The van der Waals surface area contributed by atoms with E-state index in [-0.39, 0.29) is 24.3 Å². The second-order valence-electron chi connectivity index (χ2n) is 8.36. The third kappa shape index (κ3) is 7.35. The summed E-state index contributed by atoms with van der Waals surface area (Å²) in [6, 6.07) is 24.5. The highest BCUT2D eigenvalue weighted by atomic mass is 16.3. The maximum Gasteiger partial charge on any atom is 0.251 e. The summed E-state index contributed by atoms with van der Waals surface area (Å²) in [5.41, 5.74) is 2.78. The fraction of sp³-hybridized carbons (Fsp3) is 0.259. The van der Waals surface area contributed by atoms with Crippen LogP contribution < -0.4 is 10.6 Å². The van der Waals surface area contributed by atoms with Gasteiger partial charge in [0, 0.05) is 5.56 Å². The summed E-state index contributed by atoms with van der Waals surface area (Å²) in [6.07, 6.45) is 0.501. The number of azo groups is 1. The SMILES string of the molecule is CC(C)[C@H](NC(=O)c1ccc(N=Nc2ccccc2)cc1)C(=O)N[C@H](CO)Cc1ccccc1.